The average molecular weight is 304 g/mol. The van der Waals surface area contributed by atoms with Crippen LogP contribution in [0.25, 0.3) is 0 Å². The number of unbranched alkanes of at least 4 members (excludes halogenated alkanes) is 6. The highest BCUT2D eigenvalue weighted by atomic mass is 14.6. The van der Waals surface area contributed by atoms with Crippen LogP contribution in [-0.2, 0) is 0 Å². The fourth-order valence-corrected chi connectivity index (χ4v) is 3.00. The maximum absolute atomic E-state index is 4.11. The van der Waals surface area contributed by atoms with Crippen molar-refractivity contribution in [2.75, 3.05) is 0 Å². The molecular weight excluding hydrogens is 266 g/mol. The van der Waals surface area contributed by atoms with E-state index >= 15 is 0 Å². The van der Waals surface area contributed by atoms with E-state index in [9.17, 15) is 0 Å². The van der Waals surface area contributed by atoms with E-state index in [1.807, 2.05) is 12.3 Å². The Bertz CT molecular complexity index is 351. The molecule has 126 valence electrons. The zero-order valence-electron chi connectivity index (χ0n) is 15.2. The Hall–Kier alpha value is -1.11. The first kappa shape index (κ1) is 20.9. The summed E-state index contributed by atoms with van der Waals surface area (Å²) in [5, 5.41) is 0. The van der Waals surface area contributed by atoms with Crippen LogP contribution >= 0.6 is 0 Å². The third kappa shape index (κ3) is 9.02. The molecule has 0 N–H and O–H groups in total. The predicted molar refractivity (Wildman–Crippen MR) is 103 cm³/mol. The van der Waals surface area contributed by atoms with Crippen LogP contribution in [0.4, 0.5) is 0 Å². The van der Waals surface area contributed by atoms with Gasteiger partial charge in [0.05, 0.1) is 0 Å². The van der Waals surface area contributed by atoms with Gasteiger partial charge in [-0.05, 0) is 29.9 Å². The normalized spacial score (nSPS) is 15.0. The summed E-state index contributed by atoms with van der Waals surface area (Å²) in [6, 6.07) is 0. The van der Waals surface area contributed by atoms with Crippen LogP contribution in [0.2, 0.25) is 0 Å². The van der Waals surface area contributed by atoms with Crippen molar-refractivity contribution in [3.8, 4) is 0 Å². The molecule has 0 aliphatic rings. The van der Waals surface area contributed by atoms with Crippen LogP contribution in [0.1, 0.15) is 85.0 Å². The molecule has 0 spiro atoms. The molecule has 1 nitrogen and oxygen atoms in total. The number of nitrogens with zero attached hydrogens (tertiary/aromatic N) is 1. The smallest absolute Gasteiger partial charge is 0.0270 e. The highest BCUT2D eigenvalue weighted by molar-refractivity contribution is 5.73. The molecular formula is C21H37N. The van der Waals surface area contributed by atoms with E-state index < -0.39 is 0 Å². The Labute approximate surface area is 139 Å². The summed E-state index contributed by atoms with van der Waals surface area (Å²) in [5.74, 6) is 0. The van der Waals surface area contributed by atoms with E-state index in [0.717, 1.165) is 0 Å². The van der Waals surface area contributed by atoms with Gasteiger partial charge in [-0.15, -0.1) is 0 Å². The van der Waals surface area contributed by atoms with Gasteiger partial charge in [-0.2, -0.15) is 0 Å². The van der Waals surface area contributed by atoms with Crippen molar-refractivity contribution in [2.45, 2.75) is 85.0 Å². The van der Waals surface area contributed by atoms with Gasteiger partial charge in [0, 0.05) is 12.4 Å². The molecule has 0 aromatic rings. The molecule has 1 heteroatoms. The molecule has 0 radical (unpaired) electrons. The standard InChI is InChI=1S/C21H37N/c1-6-10-12-13-15-18-21(5,17-14-11-7-2)20(8-3)16-19-22-9-4/h8-9,16,19H,3-4,6-7,10-15,17-18H2,1-2,5H3/b20-16+,22-19-. The fraction of sp³-hybridized carbons (Fsp3) is 0.667. The molecule has 0 aliphatic heterocycles. The number of hydrogen-bond donors (Lipinski definition) is 0. The van der Waals surface area contributed by atoms with Crippen molar-refractivity contribution >= 4 is 6.21 Å². The van der Waals surface area contributed by atoms with Gasteiger partial charge in [0.2, 0.25) is 0 Å². The summed E-state index contributed by atoms with van der Waals surface area (Å²) >= 11 is 0. The quantitative estimate of drug-likeness (QED) is 0.182. The molecule has 0 fully saturated rings. The van der Waals surface area contributed by atoms with Crippen LogP contribution in [-0.4, -0.2) is 6.21 Å². The maximum atomic E-state index is 4.11. The van der Waals surface area contributed by atoms with Crippen molar-refractivity contribution in [3.05, 3.63) is 37.1 Å². The van der Waals surface area contributed by atoms with Crippen LogP contribution in [0, 0.1) is 5.41 Å². The second-order valence-electron chi connectivity index (χ2n) is 6.49. The van der Waals surface area contributed by atoms with E-state index in [2.05, 4.69) is 45.0 Å². The van der Waals surface area contributed by atoms with Gasteiger partial charge in [0.15, 0.2) is 0 Å². The number of aliphatic imine (C=N–C) groups is 1. The zero-order valence-corrected chi connectivity index (χ0v) is 15.2. The predicted octanol–water partition coefficient (Wildman–Crippen LogP) is 7.26. The first-order valence-electron chi connectivity index (χ1n) is 9.11. The maximum Gasteiger partial charge on any atom is 0.0270 e. The first-order valence-corrected chi connectivity index (χ1v) is 9.11. The second kappa shape index (κ2) is 13.5. The zero-order chi connectivity index (χ0) is 16.7. The molecule has 0 aliphatic carbocycles. The molecule has 1 atom stereocenters. The molecule has 0 saturated carbocycles. The van der Waals surface area contributed by atoms with E-state index in [-0.39, 0.29) is 5.41 Å². The topological polar surface area (TPSA) is 12.4 Å². The third-order valence-corrected chi connectivity index (χ3v) is 4.53. The Kier molecular flexibility index (Phi) is 12.9. The van der Waals surface area contributed by atoms with Crippen LogP contribution < -0.4 is 0 Å². The molecule has 0 amide bonds. The highest BCUT2D eigenvalue weighted by Crippen LogP contribution is 2.39. The lowest BCUT2D eigenvalue weighted by molar-refractivity contribution is 0.315. The molecule has 0 bridgehead atoms. The lowest BCUT2D eigenvalue weighted by Crippen LogP contribution is -2.19. The van der Waals surface area contributed by atoms with Gasteiger partial charge < -0.3 is 0 Å². The SMILES string of the molecule is C=C/N=C\C=C(/C=C)C(C)(CCCCC)CCCCCCC. The Morgan fingerprint density at radius 1 is 0.909 bits per heavy atom. The molecule has 0 rings (SSSR count). The number of hydrogen-bond acceptors (Lipinski definition) is 1. The van der Waals surface area contributed by atoms with E-state index in [0.29, 0.717) is 0 Å². The fourth-order valence-electron chi connectivity index (χ4n) is 3.00. The molecule has 0 heterocycles. The molecule has 1 unspecified atom stereocenters. The summed E-state index contributed by atoms with van der Waals surface area (Å²) in [7, 11) is 0. The van der Waals surface area contributed by atoms with E-state index in [4.69, 9.17) is 0 Å². The van der Waals surface area contributed by atoms with Gasteiger partial charge in [0.1, 0.15) is 0 Å². The summed E-state index contributed by atoms with van der Waals surface area (Å²) in [6.07, 6.45) is 20.7. The van der Waals surface area contributed by atoms with Gasteiger partial charge in [-0.25, -0.2) is 0 Å². The van der Waals surface area contributed by atoms with Gasteiger partial charge in [-0.1, -0.05) is 91.4 Å². The minimum absolute atomic E-state index is 0.232. The summed E-state index contributed by atoms with van der Waals surface area (Å²) in [6.45, 7) is 14.6. The average Bonchev–Trinajstić information content (AvgIpc) is 2.51. The summed E-state index contributed by atoms with van der Waals surface area (Å²) < 4.78 is 0. The van der Waals surface area contributed by atoms with E-state index in [1.54, 1.807) is 6.20 Å². The molecule has 0 saturated heterocycles. The minimum Gasteiger partial charge on any atom is -0.265 e. The van der Waals surface area contributed by atoms with Crippen molar-refractivity contribution in [1.29, 1.82) is 0 Å². The second-order valence-corrected chi connectivity index (χ2v) is 6.49. The summed E-state index contributed by atoms with van der Waals surface area (Å²) in [5.41, 5.74) is 1.56. The van der Waals surface area contributed by atoms with Gasteiger partial charge in [0.25, 0.3) is 0 Å². The third-order valence-electron chi connectivity index (χ3n) is 4.53. The number of rotatable bonds is 14. The monoisotopic (exact) mass is 303 g/mol. The van der Waals surface area contributed by atoms with Crippen molar-refractivity contribution in [3.63, 3.8) is 0 Å². The van der Waals surface area contributed by atoms with Crippen molar-refractivity contribution < 1.29 is 0 Å². The van der Waals surface area contributed by atoms with Gasteiger partial charge in [-0.3, -0.25) is 4.99 Å². The van der Waals surface area contributed by atoms with Crippen LogP contribution in [0.15, 0.2) is 42.1 Å². The number of allylic oxidation sites excluding steroid dienone is 3. The Balaban J connectivity index is 4.79. The molecule has 22 heavy (non-hydrogen) atoms. The Morgan fingerprint density at radius 2 is 1.45 bits per heavy atom. The van der Waals surface area contributed by atoms with Crippen molar-refractivity contribution in [2.24, 2.45) is 10.4 Å². The lowest BCUT2D eigenvalue weighted by atomic mass is 9.73. The van der Waals surface area contributed by atoms with E-state index in [1.165, 1.54) is 69.8 Å². The largest absolute Gasteiger partial charge is 0.265 e. The summed E-state index contributed by atoms with van der Waals surface area (Å²) in [4.78, 5) is 4.11. The van der Waals surface area contributed by atoms with Crippen LogP contribution in [0.5, 0.6) is 0 Å². The first-order chi connectivity index (χ1) is 10.6. The Morgan fingerprint density at radius 3 is 2.00 bits per heavy atom. The van der Waals surface area contributed by atoms with Crippen LogP contribution in [0.3, 0.4) is 0 Å². The lowest BCUT2D eigenvalue weighted by Gasteiger charge is -2.31. The minimum atomic E-state index is 0.232. The van der Waals surface area contributed by atoms with Crippen molar-refractivity contribution in [1.82, 2.24) is 0 Å². The highest BCUT2D eigenvalue weighted by Gasteiger charge is 2.26. The molecule has 0 aromatic carbocycles. The van der Waals surface area contributed by atoms with Gasteiger partial charge >= 0.3 is 0 Å². The molecule has 0 aromatic heterocycles.